The molecule has 1 aromatic carbocycles. The number of hydrogen-bond acceptors (Lipinski definition) is 4. The molecular weight excluding hydrogens is 513 g/mol. The van der Waals surface area contributed by atoms with E-state index in [0.717, 1.165) is 51.3 Å². The Morgan fingerprint density at radius 2 is 1.94 bits per heavy atom. The standard InChI is InChI=1S/C25H41N5O.HI/c1-3-26-25(28-23-11-12-30(19-23)24-9-4-5-10-24)27-16-21-7-6-8-22(15-21)18-29-13-14-31-20(2)17-29;/h6-8,15,20,23-24H,3-5,9-14,16-19H2,1-2H3,(H2,26,27,28);1H. The third kappa shape index (κ3) is 7.57. The van der Waals surface area contributed by atoms with E-state index in [1.807, 2.05) is 0 Å². The van der Waals surface area contributed by atoms with E-state index in [4.69, 9.17) is 9.73 Å². The van der Waals surface area contributed by atoms with Crippen molar-refractivity contribution in [3.8, 4) is 0 Å². The molecule has 2 saturated heterocycles. The summed E-state index contributed by atoms with van der Waals surface area (Å²) in [4.78, 5) is 10.1. The van der Waals surface area contributed by atoms with Crippen molar-refractivity contribution in [1.29, 1.82) is 0 Å². The Hall–Kier alpha value is -0.900. The van der Waals surface area contributed by atoms with Crippen LogP contribution in [0.1, 0.15) is 57.1 Å². The Bertz CT molecular complexity index is 724. The van der Waals surface area contributed by atoms with E-state index in [1.165, 1.54) is 49.8 Å². The molecule has 2 atom stereocenters. The first-order valence-corrected chi connectivity index (χ1v) is 12.4. The van der Waals surface area contributed by atoms with Crippen LogP contribution in [0.2, 0.25) is 0 Å². The number of halogens is 1. The fraction of sp³-hybridized carbons (Fsp3) is 0.720. The molecule has 3 fully saturated rings. The first-order chi connectivity index (χ1) is 15.2. The van der Waals surface area contributed by atoms with Gasteiger partial charge in [-0.15, -0.1) is 24.0 Å². The quantitative estimate of drug-likeness (QED) is 0.306. The highest BCUT2D eigenvalue weighted by Crippen LogP contribution is 2.26. The predicted octanol–water partition coefficient (Wildman–Crippen LogP) is 3.60. The van der Waals surface area contributed by atoms with E-state index in [0.29, 0.717) is 18.7 Å². The highest BCUT2D eigenvalue weighted by atomic mass is 127. The molecule has 4 rings (SSSR count). The second kappa shape index (κ2) is 13.1. The van der Waals surface area contributed by atoms with Crippen LogP contribution in [-0.2, 0) is 17.8 Å². The normalized spacial score (nSPS) is 25.6. The number of morpholine rings is 1. The molecule has 32 heavy (non-hydrogen) atoms. The molecule has 2 unspecified atom stereocenters. The van der Waals surface area contributed by atoms with Gasteiger partial charge in [0.2, 0.25) is 0 Å². The van der Waals surface area contributed by atoms with Gasteiger partial charge in [0, 0.05) is 51.4 Å². The van der Waals surface area contributed by atoms with Gasteiger partial charge >= 0.3 is 0 Å². The van der Waals surface area contributed by atoms with Gasteiger partial charge < -0.3 is 15.4 Å². The SMILES string of the molecule is CCNC(=NCc1cccc(CN2CCOC(C)C2)c1)NC1CCN(C2CCCC2)C1.I. The summed E-state index contributed by atoms with van der Waals surface area (Å²) in [6.45, 7) is 12.1. The van der Waals surface area contributed by atoms with E-state index in [9.17, 15) is 0 Å². The third-order valence-electron chi connectivity index (χ3n) is 6.89. The molecule has 2 aliphatic heterocycles. The summed E-state index contributed by atoms with van der Waals surface area (Å²) in [5.74, 6) is 0.952. The van der Waals surface area contributed by atoms with Crippen molar-refractivity contribution in [2.45, 2.75) is 77.2 Å². The van der Waals surface area contributed by atoms with Crippen molar-refractivity contribution in [1.82, 2.24) is 20.4 Å². The number of benzene rings is 1. The Balaban J connectivity index is 0.00000289. The zero-order valence-electron chi connectivity index (χ0n) is 19.9. The van der Waals surface area contributed by atoms with Crippen LogP contribution >= 0.6 is 24.0 Å². The van der Waals surface area contributed by atoms with Gasteiger partial charge in [0.05, 0.1) is 19.3 Å². The number of nitrogens with one attached hydrogen (secondary N) is 2. The molecule has 0 spiro atoms. The van der Waals surface area contributed by atoms with Crippen molar-refractivity contribution in [3.63, 3.8) is 0 Å². The predicted molar refractivity (Wildman–Crippen MR) is 143 cm³/mol. The van der Waals surface area contributed by atoms with Crippen LogP contribution in [0.5, 0.6) is 0 Å². The van der Waals surface area contributed by atoms with E-state index in [1.54, 1.807) is 0 Å². The second-order valence-electron chi connectivity index (χ2n) is 9.49. The summed E-state index contributed by atoms with van der Waals surface area (Å²) in [7, 11) is 0. The van der Waals surface area contributed by atoms with E-state index >= 15 is 0 Å². The molecule has 1 aliphatic carbocycles. The maximum absolute atomic E-state index is 5.67. The highest BCUT2D eigenvalue weighted by molar-refractivity contribution is 14.0. The minimum atomic E-state index is 0. The second-order valence-corrected chi connectivity index (χ2v) is 9.49. The van der Waals surface area contributed by atoms with Crippen molar-refractivity contribution >= 4 is 29.9 Å². The molecule has 0 bridgehead atoms. The van der Waals surface area contributed by atoms with Gasteiger partial charge in [-0.05, 0) is 44.2 Å². The number of nitrogens with zero attached hydrogens (tertiary/aromatic N) is 3. The van der Waals surface area contributed by atoms with Gasteiger partial charge in [-0.3, -0.25) is 9.80 Å². The monoisotopic (exact) mass is 555 g/mol. The van der Waals surface area contributed by atoms with Crippen LogP contribution in [0.3, 0.4) is 0 Å². The van der Waals surface area contributed by atoms with Gasteiger partial charge in [0.15, 0.2) is 5.96 Å². The Morgan fingerprint density at radius 3 is 2.72 bits per heavy atom. The molecule has 2 heterocycles. The molecular formula is C25H42IN5O. The molecule has 7 heteroatoms. The van der Waals surface area contributed by atoms with Crippen LogP contribution in [-0.4, -0.2) is 73.3 Å². The lowest BCUT2D eigenvalue weighted by molar-refractivity contribution is -0.0212. The van der Waals surface area contributed by atoms with E-state index < -0.39 is 0 Å². The van der Waals surface area contributed by atoms with Crippen LogP contribution in [0.4, 0.5) is 0 Å². The van der Waals surface area contributed by atoms with Crippen molar-refractivity contribution < 1.29 is 4.74 Å². The topological polar surface area (TPSA) is 52.1 Å². The molecule has 3 aliphatic rings. The molecule has 1 aromatic rings. The van der Waals surface area contributed by atoms with Crippen LogP contribution in [0.15, 0.2) is 29.3 Å². The lowest BCUT2D eigenvalue weighted by Gasteiger charge is -2.31. The van der Waals surface area contributed by atoms with Gasteiger partial charge in [0.25, 0.3) is 0 Å². The zero-order valence-corrected chi connectivity index (χ0v) is 22.2. The molecule has 0 radical (unpaired) electrons. The number of ether oxygens (including phenoxy) is 1. The molecule has 1 saturated carbocycles. The fourth-order valence-corrected chi connectivity index (χ4v) is 5.31. The van der Waals surface area contributed by atoms with Gasteiger partial charge in [0.1, 0.15) is 0 Å². The van der Waals surface area contributed by atoms with Gasteiger partial charge in [-0.2, -0.15) is 0 Å². The maximum atomic E-state index is 5.67. The Labute approximate surface area is 211 Å². The van der Waals surface area contributed by atoms with Gasteiger partial charge in [-0.25, -0.2) is 4.99 Å². The highest BCUT2D eigenvalue weighted by Gasteiger charge is 2.30. The molecule has 180 valence electrons. The fourth-order valence-electron chi connectivity index (χ4n) is 5.31. The average molecular weight is 556 g/mol. The zero-order chi connectivity index (χ0) is 21.5. The van der Waals surface area contributed by atoms with Crippen LogP contribution in [0.25, 0.3) is 0 Å². The smallest absolute Gasteiger partial charge is 0.191 e. The lowest BCUT2D eigenvalue weighted by Crippen LogP contribution is -2.45. The summed E-state index contributed by atoms with van der Waals surface area (Å²) in [5.41, 5.74) is 2.64. The number of hydrogen-bond donors (Lipinski definition) is 2. The Morgan fingerprint density at radius 1 is 1.12 bits per heavy atom. The van der Waals surface area contributed by atoms with Crippen molar-refractivity contribution in [3.05, 3.63) is 35.4 Å². The third-order valence-corrected chi connectivity index (χ3v) is 6.89. The number of rotatable bonds is 7. The Kier molecular flexibility index (Phi) is 10.5. The number of likely N-dealkylation sites (tertiary alicyclic amines) is 1. The van der Waals surface area contributed by atoms with E-state index in [-0.39, 0.29) is 24.0 Å². The van der Waals surface area contributed by atoms with E-state index in [2.05, 4.69) is 58.5 Å². The first-order valence-electron chi connectivity index (χ1n) is 12.4. The van der Waals surface area contributed by atoms with Crippen molar-refractivity contribution in [2.75, 3.05) is 39.3 Å². The summed E-state index contributed by atoms with van der Waals surface area (Å²) < 4.78 is 5.67. The maximum Gasteiger partial charge on any atom is 0.191 e. The van der Waals surface area contributed by atoms with Crippen LogP contribution in [0, 0.1) is 0 Å². The van der Waals surface area contributed by atoms with Gasteiger partial charge in [-0.1, -0.05) is 37.1 Å². The number of guanidine groups is 1. The van der Waals surface area contributed by atoms with Crippen molar-refractivity contribution in [2.24, 2.45) is 4.99 Å². The molecule has 6 nitrogen and oxygen atoms in total. The summed E-state index contributed by atoms with van der Waals surface area (Å²) in [6, 6.07) is 10.2. The minimum Gasteiger partial charge on any atom is -0.376 e. The van der Waals surface area contributed by atoms with Crippen LogP contribution < -0.4 is 10.6 Å². The molecule has 2 N–H and O–H groups in total. The molecule has 0 aromatic heterocycles. The molecule has 0 amide bonds. The summed E-state index contributed by atoms with van der Waals surface area (Å²) in [5, 5.41) is 7.15. The first kappa shape index (κ1) is 25.7. The lowest BCUT2D eigenvalue weighted by atomic mass is 10.1. The summed E-state index contributed by atoms with van der Waals surface area (Å²) in [6.07, 6.45) is 7.14. The summed E-state index contributed by atoms with van der Waals surface area (Å²) >= 11 is 0. The number of aliphatic imine (C=N–C) groups is 1. The largest absolute Gasteiger partial charge is 0.376 e. The average Bonchev–Trinajstić information content (AvgIpc) is 3.45. The minimum absolute atomic E-state index is 0.